The molecule has 150 valence electrons. The van der Waals surface area contributed by atoms with Gasteiger partial charge < -0.3 is 11.1 Å². The van der Waals surface area contributed by atoms with Crippen molar-refractivity contribution in [1.82, 2.24) is 9.55 Å². The number of primary amides is 1. The number of amides is 2. The van der Waals surface area contributed by atoms with E-state index < -0.39 is 23.4 Å². The minimum absolute atomic E-state index is 0.114. The van der Waals surface area contributed by atoms with Crippen LogP contribution >= 0.6 is 11.3 Å². The summed E-state index contributed by atoms with van der Waals surface area (Å²) in [5.74, 6) is -1.14. The number of aromatic nitrogens is 2. The Hall–Kier alpha value is -3.33. The van der Waals surface area contributed by atoms with Crippen LogP contribution in [0, 0.1) is 6.92 Å². The Labute approximate surface area is 170 Å². The zero-order valence-corrected chi connectivity index (χ0v) is 17.0. The van der Waals surface area contributed by atoms with Gasteiger partial charge in [0.25, 0.3) is 11.5 Å². The number of carbonyl (C=O) groups is 3. The van der Waals surface area contributed by atoms with Gasteiger partial charge in [0.2, 0.25) is 5.91 Å². The van der Waals surface area contributed by atoms with E-state index in [-0.39, 0.29) is 16.0 Å². The number of nitrogens with zero attached hydrogens (tertiary/aromatic N) is 2. The lowest BCUT2D eigenvalue weighted by Gasteiger charge is -2.18. The van der Waals surface area contributed by atoms with Gasteiger partial charge in [-0.15, -0.1) is 11.3 Å². The van der Waals surface area contributed by atoms with Crippen molar-refractivity contribution in [2.75, 3.05) is 5.32 Å². The molecule has 2 heterocycles. The Morgan fingerprint density at radius 2 is 2.03 bits per heavy atom. The molecule has 0 spiro atoms. The summed E-state index contributed by atoms with van der Waals surface area (Å²) in [7, 11) is 0. The molecule has 2 amide bonds. The molecule has 0 saturated carbocycles. The van der Waals surface area contributed by atoms with E-state index >= 15 is 0 Å². The van der Waals surface area contributed by atoms with Gasteiger partial charge in [-0.25, -0.2) is 4.98 Å². The Bertz CT molecular complexity index is 1190. The standard InChI is InChI=1S/C20H20N4O4S/c1-4-14(18(27)23-13-7-5-6-12(8-13)11(3)25)24-9-22-19-15(20(24)28)10(2)16(29-19)17(21)26/h5-9,14H,4H2,1-3H3,(H2,21,26)(H,23,27). The summed E-state index contributed by atoms with van der Waals surface area (Å²) in [6, 6.07) is 5.78. The van der Waals surface area contributed by atoms with Crippen LogP contribution in [-0.2, 0) is 4.79 Å². The molecule has 0 bridgehead atoms. The Balaban J connectivity index is 1.99. The Kier molecular flexibility index (Phi) is 5.60. The number of fused-ring (bicyclic) bond motifs is 1. The van der Waals surface area contributed by atoms with Crippen molar-refractivity contribution in [2.24, 2.45) is 5.73 Å². The van der Waals surface area contributed by atoms with Crippen LogP contribution < -0.4 is 16.6 Å². The number of Topliss-reactive ketones (excluding diaryl/α,β-unsaturated/α-hetero) is 1. The second kappa shape index (κ2) is 7.96. The van der Waals surface area contributed by atoms with Crippen LogP contribution in [0.5, 0.6) is 0 Å². The highest BCUT2D eigenvalue weighted by Gasteiger charge is 2.24. The molecule has 2 aromatic heterocycles. The van der Waals surface area contributed by atoms with Crippen LogP contribution in [-0.4, -0.2) is 27.1 Å². The molecule has 1 atom stereocenters. The van der Waals surface area contributed by atoms with E-state index in [0.717, 1.165) is 11.3 Å². The summed E-state index contributed by atoms with van der Waals surface area (Å²) in [5, 5.41) is 3.04. The quantitative estimate of drug-likeness (QED) is 0.602. The molecule has 9 heteroatoms. The SMILES string of the molecule is CCC(C(=O)Nc1cccc(C(C)=O)c1)n1cnc2sc(C(N)=O)c(C)c2c1=O. The predicted octanol–water partition coefficient (Wildman–Crippen LogP) is 2.66. The molecule has 0 fully saturated rings. The fourth-order valence-electron chi connectivity index (χ4n) is 3.14. The molecule has 0 aliphatic heterocycles. The maximum absolute atomic E-state index is 13.0. The molecular formula is C20H20N4O4S. The van der Waals surface area contributed by atoms with Crippen molar-refractivity contribution in [3.63, 3.8) is 0 Å². The van der Waals surface area contributed by atoms with Crippen LogP contribution in [0.4, 0.5) is 5.69 Å². The molecule has 1 aromatic carbocycles. The van der Waals surface area contributed by atoms with E-state index in [2.05, 4.69) is 10.3 Å². The molecule has 8 nitrogen and oxygen atoms in total. The van der Waals surface area contributed by atoms with Gasteiger partial charge in [-0.1, -0.05) is 19.1 Å². The van der Waals surface area contributed by atoms with Crippen molar-refractivity contribution in [2.45, 2.75) is 33.2 Å². The third-order valence-electron chi connectivity index (χ3n) is 4.66. The van der Waals surface area contributed by atoms with Gasteiger partial charge in [-0.2, -0.15) is 0 Å². The van der Waals surface area contributed by atoms with Gasteiger partial charge in [0.1, 0.15) is 10.9 Å². The number of carbonyl (C=O) groups excluding carboxylic acids is 3. The summed E-state index contributed by atoms with van der Waals surface area (Å²) < 4.78 is 1.26. The first-order chi connectivity index (χ1) is 13.7. The minimum atomic E-state index is -0.809. The number of anilines is 1. The van der Waals surface area contributed by atoms with E-state index in [1.165, 1.54) is 17.8 Å². The zero-order valence-electron chi connectivity index (χ0n) is 16.2. The van der Waals surface area contributed by atoms with Gasteiger partial charge in [0.15, 0.2) is 5.78 Å². The smallest absolute Gasteiger partial charge is 0.263 e. The first-order valence-electron chi connectivity index (χ1n) is 8.96. The highest BCUT2D eigenvalue weighted by atomic mass is 32.1. The van der Waals surface area contributed by atoms with Crippen molar-refractivity contribution in [3.8, 4) is 0 Å². The third-order valence-corrected chi connectivity index (χ3v) is 5.88. The molecule has 0 aliphatic carbocycles. The van der Waals surface area contributed by atoms with Crippen LogP contribution in [0.15, 0.2) is 35.4 Å². The van der Waals surface area contributed by atoms with E-state index in [1.54, 1.807) is 38.1 Å². The van der Waals surface area contributed by atoms with Gasteiger partial charge in [-0.3, -0.25) is 23.7 Å². The summed E-state index contributed by atoms with van der Waals surface area (Å²) in [6.45, 7) is 4.86. The first-order valence-corrected chi connectivity index (χ1v) is 9.78. The van der Waals surface area contributed by atoms with Crippen molar-refractivity contribution >= 4 is 44.8 Å². The van der Waals surface area contributed by atoms with E-state index in [0.29, 0.717) is 28.1 Å². The lowest BCUT2D eigenvalue weighted by molar-refractivity contribution is -0.119. The minimum Gasteiger partial charge on any atom is -0.365 e. The molecule has 3 aromatic rings. The second-order valence-corrected chi connectivity index (χ2v) is 7.61. The number of nitrogens with one attached hydrogen (secondary N) is 1. The summed E-state index contributed by atoms with van der Waals surface area (Å²) in [4.78, 5) is 53.9. The van der Waals surface area contributed by atoms with Crippen LogP contribution in [0.1, 0.15) is 51.9 Å². The summed E-state index contributed by atoms with van der Waals surface area (Å²) >= 11 is 1.06. The largest absolute Gasteiger partial charge is 0.365 e. The van der Waals surface area contributed by atoms with Gasteiger partial charge >= 0.3 is 0 Å². The van der Waals surface area contributed by atoms with Crippen LogP contribution in [0.3, 0.4) is 0 Å². The molecular weight excluding hydrogens is 392 g/mol. The number of rotatable bonds is 6. The second-order valence-electron chi connectivity index (χ2n) is 6.61. The highest BCUT2D eigenvalue weighted by molar-refractivity contribution is 7.20. The lowest BCUT2D eigenvalue weighted by atomic mass is 10.1. The molecule has 3 rings (SSSR count). The van der Waals surface area contributed by atoms with E-state index in [4.69, 9.17) is 5.73 Å². The normalized spacial score (nSPS) is 12.0. The average Bonchev–Trinajstić information content (AvgIpc) is 3.02. The molecule has 0 saturated heterocycles. The average molecular weight is 412 g/mol. The van der Waals surface area contributed by atoms with Crippen molar-refractivity contribution in [1.29, 1.82) is 0 Å². The topological polar surface area (TPSA) is 124 Å². The number of hydrogen-bond donors (Lipinski definition) is 2. The Morgan fingerprint density at radius 1 is 1.31 bits per heavy atom. The number of ketones is 1. The first kappa shape index (κ1) is 20.4. The molecule has 0 aliphatic rings. The van der Waals surface area contributed by atoms with Gasteiger partial charge in [-0.05, 0) is 38.0 Å². The number of aryl methyl sites for hydroxylation is 1. The lowest BCUT2D eigenvalue weighted by Crippen LogP contribution is -2.33. The maximum atomic E-state index is 13.0. The monoisotopic (exact) mass is 412 g/mol. The highest BCUT2D eigenvalue weighted by Crippen LogP contribution is 2.27. The van der Waals surface area contributed by atoms with E-state index in [9.17, 15) is 19.2 Å². The number of hydrogen-bond acceptors (Lipinski definition) is 6. The molecule has 3 N–H and O–H groups in total. The number of benzene rings is 1. The number of thiophene rings is 1. The van der Waals surface area contributed by atoms with Gasteiger partial charge in [0, 0.05) is 11.3 Å². The maximum Gasteiger partial charge on any atom is 0.263 e. The fourth-order valence-corrected chi connectivity index (χ4v) is 4.14. The van der Waals surface area contributed by atoms with Crippen molar-refractivity contribution < 1.29 is 14.4 Å². The zero-order chi connectivity index (χ0) is 21.3. The third kappa shape index (κ3) is 3.81. The summed E-state index contributed by atoms with van der Waals surface area (Å²) in [5.41, 5.74) is 6.37. The van der Waals surface area contributed by atoms with Crippen molar-refractivity contribution in [3.05, 3.63) is 57.0 Å². The van der Waals surface area contributed by atoms with Gasteiger partial charge in [0.05, 0.1) is 16.6 Å². The fraction of sp³-hybridized carbons (Fsp3) is 0.250. The summed E-state index contributed by atoms with van der Waals surface area (Å²) in [6.07, 6.45) is 1.66. The molecule has 1 unspecified atom stereocenters. The number of nitrogens with two attached hydrogens (primary N) is 1. The molecule has 29 heavy (non-hydrogen) atoms. The Morgan fingerprint density at radius 3 is 2.66 bits per heavy atom. The predicted molar refractivity (Wildman–Crippen MR) is 112 cm³/mol. The van der Waals surface area contributed by atoms with Crippen LogP contribution in [0.2, 0.25) is 0 Å². The molecule has 0 radical (unpaired) electrons. The van der Waals surface area contributed by atoms with E-state index in [1.807, 2.05) is 0 Å². The van der Waals surface area contributed by atoms with Crippen LogP contribution in [0.25, 0.3) is 10.2 Å².